The summed E-state index contributed by atoms with van der Waals surface area (Å²) in [5.74, 6) is 0.576. The Bertz CT molecular complexity index is 330. The second-order valence-electron chi connectivity index (χ2n) is 5.34. The molecule has 0 radical (unpaired) electrons. The molecule has 0 aliphatic carbocycles. The van der Waals surface area contributed by atoms with Crippen molar-refractivity contribution in [2.45, 2.75) is 38.9 Å². The van der Waals surface area contributed by atoms with Crippen molar-refractivity contribution in [1.82, 2.24) is 0 Å². The van der Waals surface area contributed by atoms with Crippen molar-refractivity contribution in [2.75, 3.05) is 0 Å². The lowest BCUT2D eigenvalue weighted by molar-refractivity contribution is -0.108. The topological polar surface area (TPSA) is 17.1 Å². The van der Waals surface area contributed by atoms with Crippen molar-refractivity contribution < 1.29 is 4.79 Å². The fraction of sp³-hybridized carbons (Fsp3) is 0.500. The monoisotopic (exact) mass is 234 g/mol. The summed E-state index contributed by atoms with van der Waals surface area (Å²) in [5.41, 5.74) is 0.535. The van der Waals surface area contributed by atoms with Gasteiger partial charge in [-0.2, -0.15) is 0 Å². The van der Waals surface area contributed by atoms with Gasteiger partial charge < -0.3 is 4.79 Å². The summed E-state index contributed by atoms with van der Waals surface area (Å²) < 4.78 is 0. The van der Waals surface area contributed by atoms with Crippen LogP contribution in [0.3, 0.4) is 0 Å². The van der Waals surface area contributed by atoms with E-state index in [-0.39, 0.29) is 0 Å². The molecule has 1 unspecified atom stereocenters. The predicted molar refractivity (Wildman–Crippen MR) is 72.8 cm³/mol. The van der Waals surface area contributed by atoms with Gasteiger partial charge in [0.2, 0.25) is 0 Å². The third-order valence-electron chi connectivity index (χ3n) is 3.60. The lowest BCUT2D eigenvalue weighted by atomic mass is 10.1. The van der Waals surface area contributed by atoms with Crippen LogP contribution in [0.5, 0.6) is 0 Å². The first-order valence-corrected chi connectivity index (χ1v) is 9.07. The van der Waals surface area contributed by atoms with Gasteiger partial charge in [0.05, 0.1) is 8.07 Å². The van der Waals surface area contributed by atoms with Crippen molar-refractivity contribution in [2.24, 2.45) is 5.92 Å². The van der Waals surface area contributed by atoms with Crippen molar-refractivity contribution in [3.8, 4) is 0 Å². The van der Waals surface area contributed by atoms with E-state index in [0.29, 0.717) is 17.9 Å². The second-order valence-corrected chi connectivity index (χ2v) is 10.1. The predicted octanol–water partition coefficient (Wildman–Crippen LogP) is 3.22. The van der Waals surface area contributed by atoms with E-state index >= 15 is 0 Å². The van der Waals surface area contributed by atoms with Gasteiger partial charge in [-0.05, 0) is 11.5 Å². The van der Waals surface area contributed by atoms with E-state index in [2.05, 4.69) is 57.3 Å². The maximum absolute atomic E-state index is 10.8. The zero-order valence-electron chi connectivity index (χ0n) is 10.7. The summed E-state index contributed by atoms with van der Waals surface area (Å²) in [5, 5.41) is 1.45. The van der Waals surface area contributed by atoms with Crippen LogP contribution in [0.25, 0.3) is 0 Å². The minimum atomic E-state index is -1.52. The molecule has 88 valence electrons. The third-order valence-corrected chi connectivity index (χ3v) is 8.18. The zero-order chi connectivity index (χ0) is 12.2. The minimum Gasteiger partial charge on any atom is -0.303 e. The third kappa shape index (κ3) is 2.82. The quantitative estimate of drug-likeness (QED) is 0.565. The van der Waals surface area contributed by atoms with E-state index in [9.17, 15) is 4.79 Å². The van der Waals surface area contributed by atoms with Gasteiger partial charge in [-0.25, -0.2) is 0 Å². The van der Waals surface area contributed by atoms with Gasteiger partial charge in [-0.15, -0.1) is 0 Å². The van der Waals surface area contributed by atoms with Crippen molar-refractivity contribution in [3.63, 3.8) is 0 Å². The molecule has 1 aromatic rings. The van der Waals surface area contributed by atoms with Crippen LogP contribution in [0.15, 0.2) is 30.3 Å². The highest BCUT2D eigenvalue weighted by atomic mass is 28.3. The molecule has 0 amide bonds. The van der Waals surface area contributed by atoms with Crippen LogP contribution in [-0.2, 0) is 4.79 Å². The SMILES string of the molecule is CC(C)C(CC=O)[Si](C)(C)c1ccccc1. The van der Waals surface area contributed by atoms with Gasteiger partial charge in [0.1, 0.15) is 6.29 Å². The number of hydrogen-bond donors (Lipinski definition) is 0. The maximum atomic E-state index is 10.8. The number of benzene rings is 1. The molecule has 0 N–H and O–H groups in total. The van der Waals surface area contributed by atoms with Crippen LogP contribution >= 0.6 is 0 Å². The Kier molecular flexibility index (Phi) is 4.48. The van der Waals surface area contributed by atoms with Crippen molar-refractivity contribution >= 4 is 19.5 Å². The average Bonchev–Trinajstić information content (AvgIpc) is 2.26. The van der Waals surface area contributed by atoms with Crippen LogP contribution in [0.4, 0.5) is 0 Å². The molecule has 1 rings (SSSR count). The number of aldehydes is 1. The Hall–Kier alpha value is -0.893. The summed E-state index contributed by atoms with van der Waals surface area (Å²) in [7, 11) is -1.52. The number of rotatable bonds is 5. The van der Waals surface area contributed by atoms with E-state index in [0.717, 1.165) is 6.29 Å². The Labute approximate surface area is 99.9 Å². The summed E-state index contributed by atoms with van der Waals surface area (Å²) >= 11 is 0. The molecule has 0 aromatic heterocycles. The second kappa shape index (κ2) is 5.44. The van der Waals surface area contributed by atoms with E-state index in [4.69, 9.17) is 0 Å². The number of hydrogen-bond acceptors (Lipinski definition) is 1. The summed E-state index contributed by atoms with van der Waals surface area (Å²) in [6.45, 7) is 9.20. The smallest absolute Gasteiger partial charge is 0.120 e. The van der Waals surface area contributed by atoms with Gasteiger partial charge in [0.25, 0.3) is 0 Å². The molecule has 0 saturated heterocycles. The van der Waals surface area contributed by atoms with Crippen molar-refractivity contribution in [3.05, 3.63) is 30.3 Å². The molecule has 0 aliphatic rings. The maximum Gasteiger partial charge on any atom is 0.120 e. The molecule has 0 aliphatic heterocycles. The normalized spacial score (nSPS) is 13.8. The van der Waals surface area contributed by atoms with E-state index in [1.54, 1.807) is 0 Å². The van der Waals surface area contributed by atoms with Gasteiger partial charge >= 0.3 is 0 Å². The Morgan fingerprint density at radius 2 is 1.75 bits per heavy atom. The first-order chi connectivity index (χ1) is 7.50. The first kappa shape index (κ1) is 13.2. The van der Waals surface area contributed by atoms with E-state index in [1.807, 2.05) is 0 Å². The molecule has 0 spiro atoms. The molecular weight excluding hydrogens is 212 g/mol. The lowest BCUT2D eigenvalue weighted by Crippen LogP contribution is -2.47. The fourth-order valence-electron chi connectivity index (χ4n) is 2.59. The molecule has 0 fully saturated rings. The summed E-state index contributed by atoms with van der Waals surface area (Å²) in [6, 6.07) is 10.7. The highest BCUT2D eigenvalue weighted by molar-refractivity contribution is 6.91. The molecule has 1 aromatic carbocycles. The average molecular weight is 234 g/mol. The number of carbonyl (C=O) groups excluding carboxylic acids is 1. The molecule has 2 heteroatoms. The van der Waals surface area contributed by atoms with Crippen LogP contribution < -0.4 is 5.19 Å². The molecule has 0 heterocycles. The van der Waals surface area contributed by atoms with E-state index < -0.39 is 8.07 Å². The van der Waals surface area contributed by atoms with Gasteiger partial charge in [-0.3, -0.25) is 0 Å². The summed E-state index contributed by atoms with van der Waals surface area (Å²) in [6.07, 6.45) is 1.79. The highest BCUT2D eigenvalue weighted by Gasteiger charge is 2.34. The van der Waals surface area contributed by atoms with Crippen LogP contribution in [0.2, 0.25) is 18.6 Å². The molecular formula is C14H22OSi. The van der Waals surface area contributed by atoms with Gasteiger partial charge in [-0.1, -0.05) is 62.5 Å². The largest absolute Gasteiger partial charge is 0.303 e. The fourth-order valence-corrected chi connectivity index (χ4v) is 6.42. The van der Waals surface area contributed by atoms with Crippen molar-refractivity contribution in [1.29, 1.82) is 0 Å². The van der Waals surface area contributed by atoms with Gasteiger partial charge in [0, 0.05) is 6.42 Å². The molecule has 1 nitrogen and oxygen atoms in total. The minimum absolute atomic E-state index is 0.535. The van der Waals surface area contributed by atoms with Crippen LogP contribution in [-0.4, -0.2) is 14.4 Å². The zero-order valence-corrected chi connectivity index (χ0v) is 11.7. The molecule has 16 heavy (non-hydrogen) atoms. The molecule has 1 atom stereocenters. The van der Waals surface area contributed by atoms with E-state index in [1.165, 1.54) is 5.19 Å². The Morgan fingerprint density at radius 1 is 1.19 bits per heavy atom. The Balaban J connectivity index is 3.02. The standard InChI is InChI=1S/C14H22OSi/c1-12(2)14(10-11-15)16(3,4)13-8-6-5-7-9-13/h5-9,11-12,14H,10H2,1-4H3. The summed E-state index contributed by atoms with van der Waals surface area (Å²) in [4.78, 5) is 10.8. The van der Waals surface area contributed by atoms with Gasteiger partial charge in [0.15, 0.2) is 0 Å². The Morgan fingerprint density at radius 3 is 2.19 bits per heavy atom. The van der Waals surface area contributed by atoms with Crippen LogP contribution in [0, 0.1) is 5.92 Å². The first-order valence-electron chi connectivity index (χ1n) is 5.99. The molecule has 0 saturated carbocycles. The molecule has 0 bridgehead atoms. The highest BCUT2D eigenvalue weighted by Crippen LogP contribution is 2.32. The van der Waals surface area contributed by atoms with Crippen LogP contribution in [0.1, 0.15) is 20.3 Å². The lowest BCUT2D eigenvalue weighted by Gasteiger charge is -2.34. The number of carbonyl (C=O) groups is 1.